The lowest BCUT2D eigenvalue weighted by molar-refractivity contribution is 0.485. The van der Waals surface area contributed by atoms with Crippen molar-refractivity contribution in [1.82, 2.24) is 20.0 Å². The van der Waals surface area contributed by atoms with Crippen molar-refractivity contribution in [3.63, 3.8) is 0 Å². The molecule has 3 rings (SSSR count). The highest BCUT2D eigenvalue weighted by molar-refractivity contribution is 14.0. The first kappa shape index (κ1) is 21.0. The van der Waals surface area contributed by atoms with Crippen LogP contribution in [0.25, 0.3) is 0 Å². The molecule has 0 radical (unpaired) electrons. The summed E-state index contributed by atoms with van der Waals surface area (Å²) in [6, 6.07) is 8.09. The number of likely N-dealkylation sites (tertiary alicyclic amines) is 1. The second-order valence-corrected chi connectivity index (χ2v) is 7.02. The zero-order chi connectivity index (χ0) is 17.6. The molecule has 1 aromatic carbocycles. The molecule has 0 bridgehead atoms. The van der Waals surface area contributed by atoms with E-state index < -0.39 is 0 Å². The molecular weight excluding hydrogens is 461 g/mol. The Bertz CT molecular complexity index is 713. The SMILES string of the molecule is CN=C(NCCCc1ccc(Cl)cc1)N1CCC(c2cnn(C)c2)C1.I. The van der Waals surface area contributed by atoms with Gasteiger partial charge in [-0.3, -0.25) is 9.67 Å². The third-order valence-electron chi connectivity index (χ3n) is 4.73. The van der Waals surface area contributed by atoms with Crippen molar-refractivity contribution in [2.75, 3.05) is 26.7 Å². The first-order valence-corrected chi connectivity index (χ1v) is 9.22. The fourth-order valence-electron chi connectivity index (χ4n) is 3.35. The lowest BCUT2D eigenvalue weighted by Gasteiger charge is -2.21. The highest BCUT2D eigenvalue weighted by Gasteiger charge is 2.26. The Kier molecular flexibility index (Phi) is 8.21. The molecule has 1 aliphatic heterocycles. The van der Waals surface area contributed by atoms with E-state index >= 15 is 0 Å². The van der Waals surface area contributed by atoms with E-state index in [-0.39, 0.29) is 24.0 Å². The van der Waals surface area contributed by atoms with E-state index in [0.717, 1.165) is 49.9 Å². The van der Waals surface area contributed by atoms with Crippen LogP contribution in [0.15, 0.2) is 41.7 Å². The molecule has 1 aliphatic rings. The lowest BCUT2D eigenvalue weighted by atomic mass is 10.0. The Hall–Kier alpha value is -1.28. The van der Waals surface area contributed by atoms with Crippen molar-refractivity contribution in [2.45, 2.75) is 25.2 Å². The van der Waals surface area contributed by atoms with E-state index in [0.29, 0.717) is 5.92 Å². The number of nitrogens with one attached hydrogen (secondary N) is 1. The van der Waals surface area contributed by atoms with E-state index in [4.69, 9.17) is 11.6 Å². The Morgan fingerprint density at radius 2 is 2.12 bits per heavy atom. The van der Waals surface area contributed by atoms with E-state index in [1.807, 2.05) is 37.1 Å². The van der Waals surface area contributed by atoms with Crippen molar-refractivity contribution >= 4 is 41.5 Å². The number of halogens is 2. The topological polar surface area (TPSA) is 45.5 Å². The van der Waals surface area contributed by atoms with Gasteiger partial charge in [0.25, 0.3) is 0 Å². The Labute approximate surface area is 177 Å². The summed E-state index contributed by atoms with van der Waals surface area (Å²) in [5, 5.41) is 8.58. The minimum atomic E-state index is 0. The fourth-order valence-corrected chi connectivity index (χ4v) is 3.48. The van der Waals surface area contributed by atoms with E-state index in [1.54, 1.807) is 0 Å². The van der Waals surface area contributed by atoms with Crippen LogP contribution in [0.3, 0.4) is 0 Å². The second-order valence-electron chi connectivity index (χ2n) is 6.58. The van der Waals surface area contributed by atoms with Gasteiger partial charge < -0.3 is 10.2 Å². The molecule has 0 amide bonds. The summed E-state index contributed by atoms with van der Waals surface area (Å²) in [5.41, 5.74) is 2.64. The first-order chi connectivity index (χ1) is 12.2. The zero-order valence-corrected chi connectivity index (χ0v) is 18.4. The average Bonchev–Trinajstić information content (AvgIpc) is 3.25. The van der Waals surface area contributed by atoms with E-state index in [9.17, 15) is 0 Å². The summed E-state index contributed by atoms with van der Waals surface area (Å²) in [4.78, 5) is 6.80. The van der Waals surface area contributed by atoms with Gasteiger partial charge in [0.1, 0.15) is 0 Å². The Morgan fingerprint density at radius 3 is 2.77 bits per heavy atom. The van der Waals surface area contributed by atoms with Crippen LogP contribution in [0, 0.1) is 0 Å². The minimum absolute atomic E-state index is 0. The fraction of sp³-hybridized carbons (Fsp3) is 0.474. The van der Waals surface area contributed by atoms with Crippen molar-refractivity contribution in [1.29, 1.82) is 0 Å². The van der Waals surface area contributed by atoms with Crippen LogP contribution in [0.2, 0.25) is 5.02 Å². The Balaban J connectivity index is 0.00000243. The van der Waals surface area contributed by atoms with E-state index in [2.05, 4.69) is 38.6 Å². The van der Waals surface area contributed by atoms with Crippen LogP contribution >= 0.6 is 35.6 Å². The van der Waals surface area contributed by atoms with Gasteiger partial charge in [0, 0.05) is 50.9 Å². The van der Waals surface area contributed by atoms with Crippen LogP contribution in [0.5, 0.6) is 0 Å². The molecule has 142 valence electrons. The maximum atomic E-state index is 5.92. The number of aryl methyl sites for hydroxylation is 2. The van der Waals surface area contributed by atoms with Gasteiger partial charge in [-0.05, 0) is 42.5 Å². The van der Waals surface area contributed by atoms with Gasteiger partial charge >= 0.3 is 0 Å². The van der Waals surface area contributed by atoms with Crippen molar-refractivity contribution < 1.29 is 0 Å². The number of hydrogen-bond donors (Lipinski definition) is 1. The first-order valence-electron chi connectivity index (χ1n) is 8.84. The van der Waals surface area contributed by atoms with Gasteiger partial charge in [0.2, 0.25) is 0 Å². The zero-order valence-electron chi connectivity index (χ0n) is 15.4. The molecule has 1 saturated heterocycles. The third kappa shape index (κ3) is 5.61. The third-order valence-corrected chi connectivity index (χ3v) is 4.99. The molecule has 2 aromatic rings. The summed E-state index contributed by atoms with van der Waals surface area (Å²) >= 11 is 5.92. The maximum Gasteiger partial charge on any atom is 0.193 e. The minimum Gasteiger partial charge on any atom is -0.356 e. The number of benzene rings is 1. The summed E-state index contributed by atoms with van der Waals surface area (Å²) in [7, 11) is 3.83. The van der Waals surface area contributed by atoms with E-state index in [1.165, 1.54) is 11.1 Å². The van der Waals surface area contributed by atoms with Gasteiger partial charge in [0.05, 0.1) is 6.20 Å². The highest BCUT2D eigenvalue weighted by Crippen LogP contribution is 2.26. The van der Waals surface area contributed by atoms with Crippen LogP contribution in [-0.2, 0) is 13.5 Å². The highest BCUT2D eigenvalue weighted by atomic mass is 127. The van der Waals surface area contributed by atoms with Gasteiger partial charge in [-0.25, -0.2) is 0 Å². The molecule has 0 aliphatic carbocycles. The predicted octanol–water partition coefficient (Wildman–Crippen LogP) is 3.69. The number of rotatable bonds is 5. The molecule has 1 atom stereocenters. The smallest absolute Gasteiger partial charge is 0.193 e. The molecule has 1 unspecified atom stereocenters. The van der Waals surface area contributed by atoms with Gasteiger partial charge in [0.15, 0.2) is 5.96 Å². The Morgan fingerprint density at radius 1 is 1.35 bits per heavy atom. The van der Waals surface area contributed by atoms with Crippen LogP contribution < -0.4 is 5.32 Å². The molecule has 7 heteroatoms. The van der Waals surface area contributed by atoms with Crippen LogP contribution in [0.4, 0.5) is 0 Å². The summed E-state index contributed by atoms with van der Waals surface area (Å²) in [6.07, 6.45) is 7.37. The van der Waals surface area contributed by atoms with Gasteiger partial charge in [-0.2, -0.15) is 5.10 Å². The lowest BCUT2D eigenvalue weighted by Crippen LogP contribution is -2.40. The normalized spacial score (nSPS) is 17.3. The number of nitrogens with zero attached hydrogens (tertiary/aromatic N) is 4. The number of aliphatic imine (C=N–C) groups is 1. The quantitative estimate of drug-likeness (QED) is 0.303. The van der Waals surface area contributed by atoms with Crippen molar-refractivity contribution in [2.24, 2.45) is 12.0 Å². The van der Waals surface area contributed by atoms with Crippen LogP contribution in [-0.4, -0.2) is 47.3 Å². The van der Waals surface area contributed by atoms with Crippen LogP contribution in [0.1, 0.15) is 29.9 Å². The van der Waals surface area contributed by atoms with Crippen molar-refractivity contribution in [3.8, 4) is 0 Å². The number of aromatic nitrogens is 2. The standard InChI is InChI=1S/C19H26ClN5.HI/c1-21-19(22-10-3-4-15-5-7-18(20)8-6-15)25-11-9-16(14-25)17-12-23-24(2)13-17;/h5-8,12-13,16H,3-4,9-11,14H2,1-2H3,(H,21,22);1H. The second kappa shape index (κ2) is 10.2. The summed E-state index contributed by atoms with van der Waals surface area (Å²) in [6.45, 7) is 2.96. The molecule has 26 heavy (non-hydrogen) atoms. The molecule has 1 fully saturated rings. The molecule has 1 N–H and O–H groups in total. The number of guanidine groups is 1. The van der Waals surface area contributed by atoms with Gasteiger partial charge in [-0.15, -0.1) is 24.0 Å². The maximum absolute atomic E-state index is 5.92. The monoisotopic (exact) mass is 487 g/mol. The largest absolute Gasteiger partial charge is 0.356 e. The predicted molar refractivity (Wildman–Crippen MR) is 119 cm³/mol. The molecule has 2 heterocycles. The summed E-state index contributed by atoms with van der Waals surface area (Å²) in [5.74, 6) is 1.55. The average molecular weight is 488 g/mol. The van der Waals surface area contributed by atoms with Crippen molar-refractivity contribution in [3.05, 3.63) is 52.8 Å². The van der Waals surface area contributed by atoms with Gasteiger partial charge in [-0.1, -0.05) is 23.7 Å². The molecule has 1 aromatic heterocycles. The molecule has 5 nitrogen and oxygen atoms in total. The molecule has 0 spiro atoms. The molecular formula is C19H27ClIN5. The molecule has 0 saturated carbocycles. The number of hydrogen-bond acceptors (Lipinski definition) is 2. The summed E-state index contributed by atoms with van der Waals surface area (Å²) < 4.78 is 1.88.